The van der Waals surface area contributed by atoms with Gasteiger partial charge in [0.2, 0.25) is 0 Å². The average Bonchev–Trinajstić information content (AvgIpc) is 2.18. The van der Waals surface area contributed by atoms with Crippen molar-refractivity contribution in [1.82, 2.24) is 0 Å². The highest BCUT2D eigenvalue weighted by Gasteiger charge is 2.39. The zero-order valence-electron chi connectivity index (χ0n) is 7.54. The Hall–Kier alpha value is -0.810. The number of ketones is 1. The maximum Gasteiger partial charge on any atom is 0.419 e. The fourth-order valence-corrected chi connectivity index (χ4v) is 1.43. The lowest BCUT2D eigenvalue weighted by molar-refractivity contribution is -0.140. The maximum atomic E-state index is 13.2. The molecule has 0 N–H and O–H groups in total. The number of rotatable bonds is 2. The van der Waals surface area contributed by atoms with Gasteiger partial charge in [0, 0.05) is 5.56 Å². The Morgan fingerprint density at radius 2 is 1.88 bits per heavy atom. The zero-order chi connectivity index (χ0) is 12.5. The SMILES string of the molecule is O=C(CCl)c1ccc(Cl)c(F)c1C(F)(F)F. The molecule has 0 heterocycles. The Kier molecular flexibility index (Phi) is 3.80. The zero-order valence-corrected chi connectivity index (χ0v) is 9.05. The number of benzene rings is 1. The van der Waals surface area contributed by atoms with E-state index >= 15 is 0 Å². The third-order valence-corrected chi connectivity index (χ3v) is 2.33. The van der Waals surface area contributed by atoms with E-state index in [-0.39, 0.29) is 0 Å². The molecule has 0 saturated heterocycles. The molecular formula is C9H4Cl2F4O. The summed E-state index contributed by atoms with van der Waals surface area (Å²) in [5.41, 5.74) is -2.49. The van der Waals surface area contributed by atoms with Crippen LogP contribution in [0.4, 0.5) is 17.6 Å². The summed E-state index contributed by atoms with van der Waals surface area (Å²) in [6.07, 6.45) is -4.99. The molecule has 88 valence electrons. The largest absolute Gasteiger partial charge is 0.419 e. The molecule has 0 aliphatic heterocycles. The molecule has 0 aliphatic rings. The van der Waals surface area contributed by atoms with Gasteiger partial charge in [-0.2, -0.15) is 13.2 Å². The van der Waals surface area contributed by atoms with Crippen LogP contribution in [-0.4, -0.2) is 11.7 Å². The fourth-order valence-electron chi connectivity index (χ4n) is 1.13. The van der Waals surface area contributed by atoms with Crippen molar-refractivity contribution in [2.45, 2.75) is 6.18 Å². The van der Waals surface area contributed by atoms with Crippen LogP contribution in [0.5, 0.6) is 0 Å². The number of carbonyl (C=O) groups excluding carboxylic acids is 1. The lowest BCUT2D eigenvalue weighted by atomic mass is 10.0. The molecule has 1 nitrogen and oxygen atoms in total. The monoisotopic (exact) mass is 274 g/mol. The van der Waals surface area contributed by atoms with E-state index < -0.39 is 39.8 Å². The Morgan fingerprint density at radius 3 is 2.31 bits per heavy atom. The number of hydrogen-bond acceptors (Lipinski definition) is 1. The second kappa shape index (κ2) is 4.59. The first kappa shape index (κ1) is 13.3. The van der Waals surface area contributed by atoms with Gasteiger partial charge in [-0.05, 0) is 12.1 Å². The standard InChI is InChI=1S/C9H4Cl2F4O/c10-3-6(16)4-1-2-5(11)8(12)7(4)9(13,14)15/h1-2H,3H2. The van der Waals surface area contributed by atoms with E-state index in [4.69, 9.17) is 23.2 Å². The second-order valence-electron chi connectivity index (χ2n) is 2.84. The van der Waals surface area contributed by atoms with Crippen molar-refractivity contribution in [3.05, 3.63) is 34.1 Å². The smallest absolute Gasteiger partial charge is 0.293 e. The molecule has 1 aromatic carbocycles. The van der Waals surface area contributed by atoms with Crippen molar-refractivity contribution in [3.63, 3.8) is 0 Å². The molecular weight excluding hydrogens is 271 g/mol. The van der Waals surface area contributed by atoms with Crippen molar-refractivity contribution in [2.75, 3.05) is 5.88 Å². The van der Waals surface area contributed by atoms with Gasteiger partial charge >= 0.3 is 6.18 Å². The summed E-state index contributed by atoms with van der Waals surface area (Å²) in [4.78, 5) is 11.1. The predicted octanol–water partition coefficient (Wildman–Crippen LogP) is 3.92. The molecule has 1 aromatic rings. The van der Waals surface area contributed by atoms with Crippen LogP contribution in [0.1, 0.15) is 15.9 Å². The van der Waals surface area contributed by atoms with Gasteiger partial charge in [-0.3, -0.25) is 4.79 Å². The van der Waals surface area contributed by atoms with Crippen molar-refractivity contribution in [1.29, 1.82) is 0 Å². The van der Waals surface area contributed by atoms with E-state index in [2.05, 4.69) is 0 Å². The highest BCUT2D eigenvalue weighted by molar-refractivity contribution is 6.32. The van der Waals surface area contributed by atoms with E-state index in [0.717, 1.165) is 12.1 Å². The van der Waals surface area contributed by atoms with E-state index in [1.807, 2.05) is 0 Å². The first-order valence-corrected chi connectivity index (χ1v) is 4.84. The summed E-state index contributed by atoms with van der Waals surface area (Å²) < 4.78 is 50.7. The predicted molar refractivity (Wildman–Crippen MR) is 51.5 cm³/mol. The molecule has 0 bridgehead atoms. The Morgan fingerprint density at radius 1 is 1.31 bits per heavy atom. The highest BCUT2D eigenvalue weighted by Crippen LogP contribution is 2.36. The van der Waals surface area contributed by atoms with Crippen LogP contribution in [0, 0.1) is 5.82 Å². The van der Waals surface area contributed by atoms with Gasteiger partial charge in [0.05, 0.1) is 10.9 Å². The summed E-state index contributed by atoms with van der Waals surface area (Å²) in [5.74, 6) is -3.33. The quantitative estimate of drug-likeness (QED) is 0.454. The number of halogens is 6. The topological polar surface area (TPSA) is 17.1 Å². The first-order chi connectivity index (χ1) is 7.29. The van der Waals surface area contributed by atoms with E-state index in [9.17, 15) is 22.4 Å². The van der Waals surface area contributed by atoms with Crippen molar-refractivity contribution in [2.24, 2.45) is 0 Å². The minimum absolute atomic E-state index is 0.663. The van der Waals surface area contributed by atoms with Crippen LogP contribution >= 0.6 is 23.2 Å². The van der Waals surface area contributed by atoms with Gasteiger partial charge in [0.25, 0.3) is 0 Å². The summed E-state index contributed by atoms with van der Waals surface area (Å²) in [6, 6.07) is 1.69. The summed E-state index contributed by atoms with van der Waals surface area (Å²) >= 11 is 10.3. The maximum absolute atomic E-state index is 13.2. The number of carbonyl (C=O) groups is 1. The first-order valence-electron chi connectivity index (χ1n) is 3.93. The molecule has 0 fully saturated rings. The molecule has 0 atom stereocenters. The number of Topliss-reactive ketones (excluding diaryl/α,β-unsaturated/α-hetero) is 1. The lowest BCUT2D eigenvalue weighted by Crippen LogP contribution is -2.16. The Bertz CT molecular complexity index is 428. The van der Waals surface area contributed by atoms with E-state index in [1.54, 1.807) is 0 Å². The Balaban J connectivity index is 3.52. The Labute approximate surface area is 98.0 Å². The van der Waals surface area contributed by atoms with E-state index in [0.29, 0.717) is 0 Å². The molecule has 7 heteroatoms. The van der Waals surface area contributed by atoms with Crippen LogP contribution in [-0.2, 0) is 6.18 Å². The van der Waals surface area contributed by atoms with Crippen LogP contribution in [0.15, 0.2) is 12.1 Å². The normalized spacial score (nSPS) is 11.6. The highest BCUT2D eigenvalue weighted by atomic mass is 35.5. The second-order valence-corrected chi connectivity index (χ2v) is 3.51. The minimum Gasteiger partial charge on any atom is -0.293 e. The third-order valence-electron chi connectivity index (χ3n) is 1.80. The minimum atomic E-state index is -4.99. The molecule has 0 spiro atoms. The lowest BCUT2D eigenvalue weighted by Gasteiger charge is -2.12. The van der Waals surface area contributed by atoms with Crippen LogP contribution in [0.2, 0.25) is 5.02 Å². The van der Waals surface area contributed by atoms with Gasteiger partial charge in [-0.25, -0.2) is 4.39 Å². The molecule has 0 aliphatic carbocycles. The van der Waals surface area contributed by atoms with Gasteiger partial charge < -0.3 is 0 Å². The molecule has 0 radical (unpaired) electrons. The number of hydrogen-bond donors (Lipinski definition) is 0. The molecule has 0 saturated carbocycles. The van der Waals surface area contributed by atoms with Gasteiger partial charge in [-0.15, -0.1) is 11.6 Å². The van der Waals surface area contributed by atoms with E-state index in [1.165, 1.54) is 0 Å². The molecule has 0 amide bonds. The van der Waals surface area contributed by atoms with Crippen molar-refractivity contribution >= 4 is 29.0 Å². The average molecular weight is 275 g/mol. The molecule has 0 aromatic heterocycles. The van der Waals surface area contributed by atoms with Gasteiger partial charge in [0.1, 0.15) is 5.56 Å². The summed E-state index contributed by atoms with van der Waals surface area (Å²) in [7, 11) is 0. The van der Waals surface area contributed by atoms with Crippen LogP contribution in [0.3, 0.4) is 0 Å². The summed E-state index contributed by atoms with van der Waals surface area (Å²) in [6.45, 7) is 0. The molecule has 1 rings (SSSR count). The molecule has 0 unspecified atom stereocenters. The molecule has 16 heavy (non-hydrogen) atoms. The summed E-state index contributed by atoms with van der Waals surface area (Å²) in [5, 5.41) is -0.696. The van der Waals surface area contributed by atoms with Crippen LogP contribution < -0.4 is 0 Å². The van der Waals surface area contributed by atoms with Gasteiger partial charge in [-0.1, -0.05) is 11.6 Å². The fraction of sp³-hybridized carbons (Fsp3) is 0.222. The van der Waals surface area contributed by atoms with Gasteiger partial charge in [0.15, 0.2) is 11.6 Å². The van der Waals surface area contributed by atoms with Crippen LogP contribution in [0.25, 0.3) is 0 Å². The van der Waals surface area contributed by atoms with Crippen molar-refractivity contribution in [3.8, 4) is 0 Å². The number of alkyl halides is 4. The third kappa shape index (κ3) is 2.47. The van der Waals surface area contributed by atoms with Crippen molar-refractivity contribution < 1.29 is 22.4 Å².